The van der Waals surface area contributed by atoms with Crippen molar-refractivity contribution in [3.05, 3.63) is 0 Å². The van der Waals surface area contributed by atoms with Crippen LogP contribution in [0.2, 0.25) is 0 Å². The Morgan fingerprint density at radius 3 is 2.57 bits per heavy atom. The third kappa shape index (κ3) is 2.48. The maximum Gasteiger partial charge on any atom is 0.151 e. The highest BCUT2D eigenvalue weighted by Crippen LogP contribution is 2.38. The van der Waals surface area contributed by atoms with E-state index in [0.29, 0.717) is 12.3 Å². The first-order valence-electron chi connectivity index (χ1n) is 5.05. The Morgan fingerprint density at radius 2 is 2.21 bits per heavy atom. The van der Waals surface area contributed by atoms with Gasteiger partial charge in [0.2, 0.25) is 0 Å². The fourth-order valence-corrected chi connectivity index (χ4v) is 4.04. The largest absolute Gasteiger partial charge is 0.229 e. The topological polar surface area (TPSA) is 57.9 Å². The minimum Gasteiger partial charge on any atom is -0.229 e. The summed E-state index contributed by atoms with van der Waals surface area (Å²) in [5, 5.41) is 9.08. The van der Waals surface area contributed by atoms with Gasteiger partial charge in [0.1, 0.15) is 0 Å². The van der Waals surface area contributed by atoms with E-state index in [1.165, 1.54) is 0 Å². The predicted octanol–water partition coefficient (Wildman–Crippen LogP) is 1.75. The minimum absolute atomic E-state index is 0.0703. The van der Waals surface area contributed by atoms with Crippen LogP contribution in [-0.4, -0.2) is 19.9 Å². The summed E-state index contributed by atoms with van der Waals surface area (Å²) in [6, 6.07) is 2.22. The van der Waals surface area contributed by atoms with Crippen LogP contribution in [0.3, 0.4) is 0 Å². The molecule has 0 amide bonds. The van der Waals surface area contributed by atoms with E-state index >= 15 is 0 Å². The smallest absolute Gasteiger partial charge is 0.151 e. The van der Waals surface area contributed by atoms with Crippen LogP contribution >= 0.6 is 0 Å². The molecule has 1 aliphatic rings. The summed E-state index contributed by atoms with van der Waals surface area (Å²) < 4.78 is 22.6. The molecule has 80 valence electrons. The Morgan fingerprint density at radius 1 is 1.57 bits per heavy atom. The van der Waals surface area contributed by atoms with Gasteiger partial charge in [-0.3, -0.25) is 0 Å². The van der Waals surface area contributed by atoms with Crippen LogP contribution in [0.25, 0.3) is 0 Å². The van der Waals surface area contributed by atoms with Gasteiger partial charge in [0.05, 0.1) is 23.0 Å². The summed E-state index contributed by atoms with van der Waals surface area (Å²) in [4.78, 5) is 0. The Bertz CT molecular complexity index is 342. The van der Waals surface area contributed by atoms with Crippen LogP contribution in [-0.2, 0) is 9.84 Å². The van der Waals surface area contributed by atoms with Gasteiger partial charge in [0, 0.05) is 0 Å². The molecule has 0 aromatic rings. The quantitative estimate of drug-likeness (QED) is 0.720. The molecule has 1 aliphatic heterocycles. The molecule has 0 aromatic heterocycles. The predicted molar refractivity (Wildman–Crippen MR) is 55.4 cm³/mol. The Kier molecular flexibility index (Phi) is 3.20. The first kappa shape index (κ1) is 11.5. The lowest BCUT2D eigenvalue weighted by atomic mass is 9.80. The second-order valence-electron chi connectivity index (χ2n) is 4.45. The van der Waals surface area contributed by atoms with E-state index in [2.05, 4.69) is 19.9 Å². The van der Waals surface area contributed by atoms with Crippen molar-refractivity contribution < 1.29 is 8.42 Å². The molecule has 0 bridgehead atoms. The van der Waals surface area contributed by atoms with Crippen LogP contribution in [0.5, 0.6) is 0 Å². The van der Waals surface area contributed by atoms with Gasteiger partial charge in [-0.2, -0.15) is 5.26 Å². The fraction of sp³-hybridized carbons (Fsp3) is 0.900. The molecule has 2 atom stereocenters. The number of nitrogens with zero attached hydrogens (tertiary/aromatic N) is 1. The van der Waals surface area contributed by atoms with E-state index < -0.39 is 15.3 Å². The zero-order valence-corrected chi connectivity index (χ0v) is 9.60. The van der Waals surface area contributed by atoms with Gasteiger partial charge in [0.25, 0.3) is 0 Å². The highest BCUT2D eigenvalue weighted by molar-refractivity contribution is 7.91. The van der Waals surface area contributed by atoms with E-state index in [-0.39, 0.29) is 11.5 Å². The fourth-order valence-electron chi connectivity index (χ4n) is 2.02. The van der Waals surface area contributed by atoms with Gasteiger partial charge in [-0.05, 0) is 18.8 Å². The first-order chi connectivity index (χ1) is 6.43. The maximum absolute atomic E-state index is 11.3. The van der Waals surface area contributed by atoms with E-state index in [4.69, 9.17) is 5.26 Å². The van der Waals surface area contributed by atoms with E-state index in [1.807, 2.05) is 0 Å². The second-order valence-corrected chi connectivity index (χ2v) is 6.64. The Balaban J connectivity index is 2.77. The van der Waals surface area contributed by atoms with Gasteiger partial charge in [-0.25, -0.2) is 8.42 Å². The molecule has 3 nitrogen and oxygen atoms in total. The van der Waals surface area contributed by atoms with Crippen molar-refractivity contribution in [2.24, 2.45) is 11.3 Å². The lowest BCUT2D eigenvalue weighted by Gasteiger charge is -2.22. The lowest BCUT2D eigenvalue weighted by Crippen LogP contribution is -2.23. The summed E-state index contributed by atoms with van der Waals surface area (Å²) in [6.07, 6.45) is 2.25. The SMILES string of the molecule is CCC(C)CC1(C#N)CCS(=O)(=O)C1. The van der Waals surface area contributed by atoms with Crippen LogP contribution in [0.1, 0.15) is 33.1 Å². The molecule has 0 aliphatic carbocycles. The van der Waals surface area contributed by atoms with Crippen molar-refractivity contribution in [2.75, 3.05) is 11.5 Å². The number of hydrogen-bond donors (Lipinski definition) is 0. The van der Waals surface area contributed by atoms with Gasteiger partial charge in [-0.15, -0.1) is 0 Å². The number of nitriles is 1. The molecule has 1 heterocycles. The maximum atomic E-state index is 11.3. The second kappa shape index (κ2) is 3.90. The molecular weight excluding hydrogens is 198 g/mol. The van der Waals surface area contributed by atoms with Crippen molar-refractivity contribution in [2.45, 2.75) is 33.1 Å². The molecule has 0 saturated carbocycles. The van der Waals surface area contributed by atoms with Crippen LogP contribution < -0.4 is 0 Å². The van der Waals surface area contributed by atoms with E-state index in [1.54, 1.807) is 0 Å². The first-order valence-corrected chi connectivity index (χ1v) is 6.87. The number of sulfone groups is 1. The van der Waals surface area contributed by atoms with Gasteiger partial charge >= 0.3 is 0 Å². The summed E-state index contributed by atoms with van der Waals surface area (Å²) in [7, 11) is -2.94. The van der Waals surface area contributed by atoms with Crippen LogP contribution in [0.15, 0.2) is 0 Å². The average molecular weight is 215 g/mol. The summed E-state index contributed by atoms with van der Waals surface area (Å²) in [5.74, 6) is 0.695. The molecule has 4 heteroatoms. The molecule has 1 saturated heterocycles. The molecule has 0 aromatic carbocycles. The zero-order chi connectivity index (χ0) is 10.8. The Labute approximate surface area is 86.0 Å². The normalized spacial score (nSPS) is 32.4. The van der Waals surface area contributed by atoms with E-state index in [0.717, 1.165) is 12.8 Å². The van der Waals surface area contributed by atoms with Gasteiger partial charge in [-0.1, -0.05) is 20.3 Å². The van der Waals surface area contributed by atoms with Gasteiger partial charge in [0.15, 0.2) is 9.84 Å². The van der Waals surface area contributed by atoms with Gasteiger partial charge < -0.3 is 0 Å². The molecule has 0 N–H and O–H groups in total. The standard InChI is InChI=1S/C10H17NO2S/c1-3-9(2)6-10(7-11)4-5-14(12,13)8-10/h9H,3-6,8H2,1-2H3. The van der Waals surface area contributed by atoms with Crippen LogP contribution in [0.4, 0.5) is 0 Å². The highest BCUT2D eigenvalue weighted by Gasteiger charge is 2.43. The third-order valence-corrected chi connectivity index (χ3v) is 4.88. The summed E-state index contributed by atoms with van der Waals surface area (Å²) >= 11 is 0. The molecule has 2 unspecified atom stereocenters. The highest BCUT2D eigenvalue weighted by atomic mass is 32.2. The van der Waals surface area contributed by atoms with Crippen molar-refractivity contribution in [3.8, 4) is 6.07 Å². The van der Waals surface area contributed by atoms with E-state index in [9.17, 15) is 8.42 Å². The molecule has 0 radical (unpaired) electrons. The van der Waals surface area contributed by atoms with Crippen molar-refractivity contribution in [1.82, 2.24) is 0 Å². The van der Waals surface area contributed by atoms with Crippen molar-refractivity contribution in [1.29, 1.82) is 5.26 Å². The third-order valence-electron chi connectivity index (χ3n) is 3.06. The summed E-state index contributed by atoms with van der Waals surface area (Å²) in [5.41, 5.74) is -0.589. The number of rotatable bonds is 3. The molecule has 0 spiro atoms. The molecule has 14 heavy (non-hydrogen) atoms. The average Bonchev–Trinajstić information content (AvgIpc) is 2.42. The monoisotopic (exact) mass is 215 g/mol. The van der Waals surface area contributed by atoms with Crippen molar-refractivity contribution >= 4 is 9.84 Å². The summed E-state index contributed by atoms with van der Waals surface area (Å²) in [6.45, 7) is 4.14. The molecular formula is C10H17NO2S. The molecule has 1 rings (SSSR count). The van der Waals surface area contributed by atoms with Crippen molar-refractivity contribution in [3.63, 3.8) is 0 Å². The van der Waals surface area contributed by atoms with Crippen LogP contribution in [0, 0.1) is 22.7 Å². The Hall–Kier alpha value is -0.560. The number of hydrogen-bond acceptors (Lipinski definition) is 3. The minimum atomic E-state index is -2.94. The lowest BCUT2D eigenvalue weighted by molar-refractivity contribution is 0.331. The molecule has 1 fully saturated rings. The zero-order valence-electron chi connectivity index (χ0n) is 8.78.